The molecule has 1 amide bonds. The molecule has 0 bridgehead atoms. The number of rotatable bonds is 8. The molecule has 0 aromatic heterocycles. The molecule has 1 heterocycles. The Bertz CT molecular complexity index is 1260. The zero-order chi connectivity index (χ0) is 25.3. The van der Waals surface area contributed by atoms with E-state index in [0.717, 1.165) is 37.2 Å². The second-order valence-electron chi connectivity index (χ2n) is 8.75. The molecule has 1 aliphatic heterocycles. The number of hydrogen-bond acceptors (Lipinski definition) is 6. The van der Waals surface area contributed by atoms with Gasteiger partial charge < -0.3 is 24.8 Å². The largest absolute Gasteiger partial charge is 0.507 e. The van der Waals surface area contributed by atoms with Gasteiger partial charge in [0.15, 0.2) is 0 Å². The number of para-hydroxylation sites is 1. The average molecular weight is 484 g/mol. The van der Waals surface area contributed by atoms with Gasteiger partial charge in [0.2, 0.25) is 5.91 Å². The van der Waals surface area contributed by atoms with Crippen LogP contribution in [0, 0.1) is 11.3 Å². The van der Waals surface area contributed by atoms with E-state index >= 15 is 0 Å². The maximum atomic E-state index is 12.5. The highest BCUT2D eigenvalue weighted by atomic mass is 16.5. The zero-order valence-electron chi connectivity index (χ0n) is 20.2. The van der Waals surface area contributed by atoms with Crippen LogP contribution in [-0.2, 0) is 11.4 Å². The number of hydrogen-bond donors (Lipinski definition) is 2. The highest BCUT2D eigenvalue weighted by molar-refractivity contribution is 6.02. The molecule has 4 rings (SSSR count). The third kappa shape index (κ3) is 6.87. The predicted molar refractivity (Wildman–Crippen MR) is 139 cm³/mol. The second-order valence-corrected chi connectivity index (χ2v) is 8.75. The molecule has 3 aromatic rings. The fourth-order valence-electron chi connectivity index (χ4n) is 3.93. The molecule has 1 fully saturated rings. The number of nitrogens with one attached hydrogen (secondary N) is 1. The van der Waals surface area contributed by atoms with Crippen LogP contribution in [0.4, 0.5) is 5.69 Å². The van der Waals surface area contributed by atoms with E-state index in [9.17, 15) is 9.90 Å². The van der Waals surface area contributed by atoms with E-state index in [4.69, 9.17) is 14.7 Å². The molecule has 2 N–H and O–H groups in total. The van der Waals surface area contributed by atoms with Crippen LogP contribution in [0.1, 0.15) is 29.5 Å². The number of phenols is 1. The van der Waals surface area contributed by atoms with Crippen molar-refractivity contribution in [3.8, 4) is 23.3 Å². The van der Waals surface area contributed by atoms with Crippen LogP contribution in [0.2, 0.25) is 0 Å². The van der Waals surface area contributed by atoms with Crippen molar-refractivity contribution in [3.63, 3.8) is 0 Å². The molecule has 3 aromatic carbocycles. The lowest BCUT2D eigenvalue weighted by Gasteiger charge is -2.29. The van der Waals surface area contributed by atoms with E-state index in [0.29, 0.717) is 23.6 Å². The van der Waals surface area contributed by atoms with Gasteiger partial charge in [-0.1, -0.05) is 24.3 Å². The van der Waals surface area contributed by atoms with E-state index in [1.165, 1.54) is 18.2 Å². The Morgan fingerprint density at radius 1 is 1.11 bits per heavy atom. The third-order valence-corrected chi connectivity index (χ3v) is 6.03. The molecule has 1 aliphatic rings. The van der Waals surface area contributed by atoms with Gasteiger partial charge in [-0.2, -0.15) is 5.26 Å². The van der Waals surface area contributed by atoms with Gasteiger partial charge in [-0.15, -0.1) is 0 Å². The van der Waals surface area contributed by atoms with E-state index in [1.54, 1.807) is 12.1 Å². The molecule has 0 radical (unpaired) electrons. The molecule has 1 saturated heterocycles. The van der Waals surface area contributed by atoms with Crippen molar-refractivity contribution >= 4 is 17.7 Å². The number of aromatic hydroxyl groups is 1. The van der Waals surface area contributed by atoms with Crippen LogP contribution in [0.25, 0.3) is 6.08 Å². The van der Waals surface area contributed by atoms with E-state index < -0.39 is 0 Å². The number of carbonyl (C=O) groups is 1. The van der Waals surface area contributed by atoms with Crippen molar-refractivity contribution in [1.82, 2.24) is 4.90 Å². The maximum absolute atomic E-state index is 12.5. The Morgan fingerprint density at radius 3 is 2.56 bits per heavy atom. The summed E-state index contributed by atoms with van der Waals surface area (Å²) in [6.45, 7) is 2.39. The molecular formula is C29H29N3O4. The lowest BCUT2D eigenvalue weighted by molar-refractivity contribution is -0.111. The molecule has 0 spiro atoms. The number of piperidine rings is 1. The first-order valence-corrected chi connectivity index (χ1v) is 11.9. The number of benzene rings is 3. The molecule has 7 nitrogen and oxygen atoms in total. The van der Waals surface area contributed by atoms with Gasteiger partial charge in [0.25, 0.3) is 0 Å². The normalized spacial score (nSPS) is 14.3. The Hall–Kier alpha value is -4.28. The molecule has 0 saturated carbocycles. The Labute approximate surface area is 211 Å². The minimum atomic E-state index is -0.318. The van der Waals surface area contributed by atoms with Crippen molar-refractivity contribution in [1.29, 1.82) is 5.26 Å². The van der Waals surface area contributed by atoms with Crippen LogP contribution in [-0.4, -0.2) is 42.2 Å². The van der Waals surface area contributed by atoms with Gasteiger partial charge in [-0.25, -0.2) is 0 Å². The number of nitrogens with zero attached hydrogens (tertiary/aromatic N) is 2. The molecule has 36 heavy (non-hydrogen) atoms. The quantitative estimate of drug-likeness (QED) is 0.440. The van der Waals surface area contributed by atoms with Crippen LogP contribution >= 0.6 is 0 Å². The Kier molecular flexibility index (Phi) is 8.22. The highest BCUT2D eigenvalue weighted by Crippen LogP contribution is 2.24. The first kappa shape index (κ1) is 24.8. The molecule has 0 aliphatic carbocycles. The van der Waals surface area contributed by atoms with Crippen molar-refractivity contribution in [2.45, 2.75) is 25.6 Å². The van der Waals surface area contributed by atoms with E-state index in [2.05, 4.69) is 17.3 Å². The smallest absolute Gasteiger partial charge is 0.248 e. The molecule has 0 atom stereocenters. The van der Waals surface area contributed by atoms with Crippen LogP contribution in [0.15, 0.2) is 72.8 Å². The van der Waals surface area contributed by atoms with Crippen molar-refractivity contribution in [2.75, 3.05) is 25.5 Å². The number of ether oxygens (including phenoxy) is 2. The van der Waals surface area contributed by atoms with Crippen LogP contribution in [0.5, 0.6) is 17.2 Å². The van der Waals surface area contributed by atoms with Crippen molar-refractivity contribution in [3.05, 3.63) is 89.5 Å². The molecule has 0 unspecified atom stereocenters. The van der Waals surface area contributed by atoms with Crippen LogP contribution < -0.4 is 14.8 Å². The van der Waals surface area contributed by atoms with Gasteiger partial charge in [-0.05, 0) is 74.0 Å². The highest BCUT2D eigenvalue weighted by Gasteiger charge is 2.18. The lowest BCUT2D eigenvalue weighted by Crippen LogP contribution is -2.35. The second kappa shape index (κ2) is 11.9. The minimum absolute atomic E-state index is 0.121. The number of likely N-dealkylation sites (tertiary alicyclic amines) is 1. The van der Waals surface area contributed by atoms with Crippen LogP contribution in [0.3, 0.4) is 0 Å². The summed E-state index contributed by atoms with van der Waals surface area (Å²) < 4.78 is 12.0. The molecule has 7 heteroatoms. The van der Waals surface area contributed by atoms with Gasteiger partial charge in [0, 0.05) is 30.4 Å². The maximum Gasteiger partial charge on any atom is 0.248 e. The summed E-state index contributed by atoms with van der Waals surface area (Å²) in [6, 6.07) is 21.6. The van der Waals surface area contributed by atoms with Gasteiger partial charge >= 0.3 is 0 Å². The number of phenolic OH excluding ortho intramolecular Hbond substituents is 1. The molecule has 184 valence electrons. The Morgan fingerprint density at radius 2 is 1.83 bits per heavy atom. The van der Waals surface area contributed by atoms with Gasteiger partial charge in [-0.3, -0.25) is 4.79 Å². The monoisotopic (exact) mass is 483 g/mol. The number of anilines is 1. The predicted octanol–water partition coefficient (Wildman–Crippen LogP) is 4.97. The summed E-state index contributed by atoms with van der Waals surface area (Å²) in [7, 11) is 2.13. The summed E-state index contributed by atoms with van der Waals surface area (Å²) in [4.78, 5) is 14.8. The minimum Gasteiger partial charge on any atom is -0.507 e. The van der Waals surface area contributed by atoms with E-state index in [1.807, 2.05) is 54.6 Å². The SMILES string of the molecule is CN1CCC(Oc2ccc(OCc3ccccc3NC(=O)/C=C/c3ccc(C#N)c(O)c3)cc2)CC1. The fourth-order valence-corrected chi connectivity index (χ4v) is 3.93. The standard InChI is InChI=1S/C29H29N3O4/c1-32-16-14-26(15-17-32)36-25-11-9-24(10-12-25)35-20-23-4-2-3-5-27(23)31-29(34)13-7-21-6-8-22(19-30)28(33)18-21/h2-13,18,26,33H,14-17,20H2,1H3,(H,31,34)/b13-7+. The summed E-state index contributed by atoms with van der Waals surface area (Å²) in [5.41, 5.74) is 2.28. The van der Waals surface area contributed by atoms with E-state index in [-0.39, 0.29) is 23.3 Å². The van der Waals surface area contributed by atoms with Crippen molar-refractivity contribution < 1.29 is 19.4 Å². The fraction of sp³-hybridized carbons (Fsp3) is 0.241. The first-order valence-electron chi connectivity index (χ1n) is 11.9. The lowest BCUT2D eigenvalue weighted by atomic mass is 10.1. The Balaban J connectivity index is 1.31. The zero-order valence-corrected chi connectivity index (χ0v) is 20.2. The summed E-state index contributed by atoms with van der Waals surface area (Å²) in [6.07, 6.45) is 5.26. The topological polar surface area (TPSA) is 94.8 Å². The van der Waals surface area contributed by atoms with Crippen molar-refractivity contribution in [2.24, 2.45) is 0 Å². The first-order chi connectivity index (χ1) is 17.5. The average Bonchev–Trinajstić information content (AvgIpc) is 2.89. The molecular weight excluding hydrogens is 454 g/mol. The van der Waals surface area contributed by atoms with Gasteiger partial charge in [0.1, 0.15) is 36.0 Å². The third-order valence-electron chi connectivity index (χ3n) is 6.03. The number of carbonyl (C=O) groups excluding carboxylic acids is 1. The summed E-state index contributed by atoms with van der Waals surface area (Å²) in [5, 5.41) is 21.6. The van der Waals surface area contributed by atoms with Gasteiger partial charge in [0.05, 0.1) is 5.56 Å². The number of amides is 1. The summed E-state index contributed by atoms with van der Waals surface area (Å²) >= 11 is 0. The summed E-state index contributed by atoms with van der Waals surface area (Å²) in [5.74, 6) is 1.12. The number of nitriles is 1.